The summed E-state index contributed by atoms with van der Waals surface area (Å²) in [6, 6.07) is -0.282. The second-order valence-electron chi connectivity index (χ2n) is 8.89. The van der Waals surface area contributed by atoms with Crippen LogP contribution in [-0.2, 0) is 9.59 Å². The Morgan fingerprint density at radius 2 is 1.92 bits per heavy atom. The molecule has 2 N–H and O–H groups in total. The molecule has 0 bridgehead atoms. The molecule has 26 heavy (non-hydrogen) atoms. The number of hydrogen-bond acceptors (Lipinski definition) is 3. The molecule has 3 aliphatic rings. The predicted molar refractivity (Wildman–Crippen MR) is 99.3 cm³/mol. The maximum absolute atomic E-state index is 12.6. The highest BCUT2D eigenvalue weighted by molar-refractivity contribution is 6.07. The minimum absolute atomic E-state index is 0.00100. The Hall–Kier alpha value is -1.85. The lowest BCUT2D eigenvalue weighted by Crippen LogP contribution is -2.44. The zero-order valence-electron chi connectivity index (χ0n) is 16.4. The molecule has 2 saturated carbocycles. The lowest BCUT2D eigenvalue weighted by atomic mass is 9.98. The molecule has 1 aliphatic heterocycles. The minimum atomic E-state index is -0.643. The Morgan fingerprint density at radius 3 is 2.54 bits per heavy atom. The third kappa shape index (κ3) is 3.26. The summed E-state index contributed by atoms with van der Waals surface area (Å²) < 4.78 is 0. The van der Waals surface area contributed by atoms with Crippen molar-refractivity contribution in [3.63, 3.8) is 0 Å². The summed E-state index contributed by atoms with van der Waals surface area (Å²) in [5, 5.41) is 5.87. The topological polar surface area (TPSA) is 78.5 Å². The molecule has 2 aliphatic carbocycles. The number of hydrogen-bond donors (Lipinski definition) is 2. The van der Waals surface area contributed by atoms with Crippen LogP contribution >= 0.6 is 0 Å². The lowest BCUT2D eigenvalue weighted by molar-refractivity contribution is -0.131. The Balaban J connectivity index is 1.45. The van der Waals surface area contributed by atoms with Gasteiger partial charge in [0.2, 0.25) is 5.91 Å². The van der Waals surface area contributed by atoms with Crippen LogP contribution < -0.4 is 10.6 Å². The van der Waals surface area contributed by atoms with Gasteiger partial charge in [-0.25, -0.2) is 4.79 Å². The summed E-state index contributed by atoms with van der Waals surface area (Å²) in [6.07, 6.45) is 6.22. The lowest BCUT2D eigenvalue weighted by Gasteiger charge is -2.20. The minimum Gasteiger partial charge on any atom is -0.356 e. The molecule has 144 valence electrons. The predicted octanol–water partition coefficient (Wildman–Crippen LogP) is 2.60. The van der Waals surface area contributed by atoms with Gasteiger partial charge in [0, 0.05) is 13.1 Å². The average Bonchev–Trinajstić information content (AvgIpc) is 2.89. The number of carbonyl (C=O) groups is 3. The Bertz CT molecular complexity index is 643. The molecule has 1 heterocycles. The first kappa shape index (κ1) is 18.9. The van der Waals surface area contributed by atoms with Crippen molar-refractivity contribution in [2.24, 2.45) is 17.3 Å². The van der Waals surface area contributed by atoms with Gasteiger partial charge in [-0.15, -0.1) is 0 Å². The molecule has 0 aromatic carbocycles. The van der Waals surface area contributed by atoms with Gasteiger partial charge < -0.3 is 10.6 Å². The molecule has 2 atom stereocenters. The van der Waals surface area contributed by atoms with E-state index in [1.165, 1.54) is 10.5 Å². The molecule has 0 aromatic rings. The van der Waals surface area contributed by atoms with Crippen molar-refractivity contribution in [2.45, 2.75) is 65.3 Å². The van der Waals surface area contributed by atoms with Crippen LogP contribution in [0.3, 0.4) is 0 Å². The van der Waals surface area contributed by atoms with Crippen molar-refractivity contribution in [1.29, 1.82) is 0 Å². The monoisotopic (exact) mass is 361 g/mol. The molecule has 0 unspecified atom stereocenters. The van der Waals surface area contributed by atoms with E-state index in [2.05, 4.69) is 44.4 Å². The summed E-state index contributed by atoms with van der Waals surface area (Å²) in [4.78, 5) is 38.5. The number of nitrogens with zero attached hydrogens (tertiary/aromatic N) is 1. The first-order valence-electron chi connectivity index (χ1n) is 9.76. The number of nitrogens with one attached hydrogen (secondary N) is 2. The Labute approximate surface area is 155 Å². The first-order chi connectivity index (χ1) is 12.2. The van der Waals surface area contributed by atoms with Gasteiger partial charge >= 0.3 is 6.03 Å². The normalized spacial score (nSPS) is 28.2. The van der Waals surface area contributed by atoms with Crippen LogP contribution in [0.2, 0.25) is 0 Å². The molecular formula is C20H31N3O3. The van der Waals surface area contributed by atoms with Crippen LogP contribution in [-0.4, -0.2) is 41.4 Å². The molecule has 3 fully saturated rings. The van der Waals surface area contributed by atoms with Gasteiger partial charge in [-0.05, 0) is 44.4 Å². The van der Waals surface area contributed by atoms with Crippen molar-refractivity contribution < 1.29 is 14.4 Å². The summed E-state index contributed by atoms with van der Waals surface area (Å²) >= 11 is 0. The quantitative estimate of drug-likeness (QED) is 0.434. The molecule has 0 radical (unpaired) electrons. The van der Waals surface area contributed by atoms with Gasteiger partial charge in [-0.2, -0.15) is 0 Å². The summed E-state index contributed by atoms with van der Waals surface area (Å²) in [7, 11) is 0. The van der Waals surface area contributed by atoms with Crippen LogP contribution in [0.4, 0.5) is 4.79 Å². The third-order valence-electron chi connectivity index (χ3n) is 6.27. The largest absolute Gasteiger partial charge is 0.356 e. The zero-order valence-corrected chi connectivity index (χ0v) is 16.4. The van der Waals surface area contributed by atoms with Crippen molar-refractivity contribution >= 4 is 17.8 Å². The van der Waals surface area contributed by atoms with Gasteiger partial charge in [0.1, 0.15) is 5.54 Å². The summed E-state index contributed by atoms with van der Waals surface area (Å²) in [5.74, 6) is 0.289. The molecule has 0 aromatic heterocycles. The highest BCUT2D eigenvalue weighted by atomic mass is 16.2. The molecule has 6 nitrogen and oxygen atoms in total. The fourth-order valence-electron chi connectivity index (χ4n) is 4.60. The SMILES string of the molecule is CC(C)=C[C@H]1[C@H](C(=O)NCCCN2C(=O)NC3(CCCC3)C2=O)C1(C)C. The van der Waals surface area contributed by atoms with E-state index in [0.29, 0.717) is 25.4 Å². The van der Waals surface area contributed by atoms with E-state index in [4.69, 9.17) is 0 Å². The summed E-state index contributed by atoms with van der Waals surface area (Å²) in [5.41, 5.74) is 0.592. The second-order valence-corrected chi connectivity index (χ2v) is 8.89. The van der Waals surface area contributed by atoms with E-state index in [1.54, 1.807) is 0 Å². The average molecular weight is 361 g/mol. The molecule has 1 spiro atoms. The van der Waals surface area contributed by atoms with Crippen LogP contribution in [0.25, 0.3) is 0 Å². The molecule has 3 rings (SSSR count). The fraction of sp³-hybridized carbons (Fsp3) is 0.750. The third-order valence-corrected chi connectivity index (χ3v) is 6.27. The number of allylic oxidation sites excluding steroid dienone is 2. The van der Waals surface area contributed by atoms with Crippen molar-refractivity contribution in [3.05, 3.63) is 11.6 Å². The van der Waals surface area contributed by atoms with E-state index in [0.717, 1.165) is 25.7 Å². The number of carbonyl (C=O) groups excluding carboxylic acids is 3. The molecular weight excluding hydrogens is 330 g/mol. The number of rotatable bonds is 6. The smallest absolute Gasteiger partial charge is 0.325 e. The number of amides is 4. The van der Waals surface area contributed by atoms with Gasteiger partial charge in [-0.3, -0.25) is 14.5 Å². The van der Waals surface area contributed by atoms with Crippen molar-refractivity contribution in [2.75, 3.05) is 13.1 Å². The van der Waals surface area contributed by atoms with E-state index in [-0.39, 0.29) is 29.2 Å². The van der Waals surface area contributed by atoms with Crippen molar-refractivity contribution in [3.8, 4) is 0 Å². The fourth-order valence-corrected chi connectivity index (χ4v) is 4.60. The van der Waals surface area contributed by atoms with Crippen molar-refractivity contribution in [1.82, 2.24) is 15.5 Å². The Kier molecular flexibility index (Phi) is 4.88. The maximum Gasteiger partial charge on any atom is 0.325 e. The first-order valence-corrected chi connectivity index (χ1v) is 9.76. The van der Waals surface area contributed by atoms with Crippen LogP contribution in [0.5, 0.6) is 0 Å². The second kappa shape index (κ2) is 6.71. The van der Waals surface area contributed by atoms with Crippen LogP contribution in [0.15, 0.2) is 11.6 Å². The van der Waals surface area contributed by atoms with Crippen LogP contribution in [0.1, 0.15) is 59.8 Å². The molecule has 4 amide bonds. The highest BCUT2D eigenvalue weighted by Gasteiger charge is 2.60. The van der Waals surface area contributed by atoms with E-state index in [9.17, 15) is 14.4 Å². The van der Waals surface area contributed by atoms with E-state index < -0.39 is 5.54 Å². The van der Waals surface area contributed by atoms with Gasteiger partial charge in [0.15, 0.2) is 0 Å². The Morgan fingerprint density at radius 1 is 1.27 bits per heavy atom. The highest BCUT2D eigenvalue weighted by Crippen LogP contribution is 2.59. The number of imide groups is 1. The maximum atomic E-state index is 12.6. The summed E-state index contributed by atoms with van der Waals surface area (Å²) in [6.45, 7) is 9.19. The number of urea groups is 1. The van der Waals surface area contributed by atoms with E-state index in [1.807, 2.05) is 0 Å². The van der Waals surface area contributed by atoms with Gasteiger partial charge in [-0.1, -0.05) is 38.3 Å². The van der Waals surface area contributed by atoms with Gasteiger partial charge in [0.05, 0.1) is 5.92 Å². The standard InChI is InChI=1S/C20H31N3O3/c1-13(2)12-14-15(19(14,3)4)16(24)21-10-7-11-23-17(25)20(22-18(23)26)8-5-6-9-20/h12,14-15H,5-11H2,1-4H3,(H,21,24)(H,22,26)/t14-,15+/m0/s1. The van der Waals surface area contributed by atoms with E-state index >= 15 is 0 Å². The van der Waals surface area contributed by atoms with Crippen LogP contribution in [0, 0.1) is 17.3 Å². The zero-order chi connectivity index (χ0) is 19.1. The molecule has 1 saturated heterocycles. The molecule has 6 heteroatoms. The van der Waals surface area contributed by atoms with Gasteiger partial charge in [0.25, 0.3) is 5.91 Å².